The summed E-state index contributed by atoms with van der Waals surface area (Å²) in [6.07, 6.45) is -1.22. The molecular weight excluding hydrogens is 477 g/mol. The minimum absolute atomic E-state index is 0.0408. The van der Waals surface area contributed by atoms with Crippen molar-refractivity contribution < 1.29 is 18.0 Å². The number of aromatic nitrogens is 4. The monoisotopic (exact) mass is 498 g/mol. The number of para-hydroxylation sites is 1. The second kappa shape index (κ2) is 9.57. The Morgan fingerprint density at radius 2 is 1.69 bits per heavy atom. The van der Waals surface area contributed by atoms with Crippen molar-refractivity contribution in [3.63, 3.8) is 0 Å². The Morgan fingerprint density at radius 1 is 0.943 bits per heavy atom. The van der Waals surface area contributed by atoms with Gasteiger partial charge in [-0.25, -0.2) is 14.6 Å². The van der Waals surface area contributed by atoms with Crippen LogP contribution < -0.4 is 4.90 Å². The first-order valence-electron chi connectivity index (χ1n) is 11.0. The number of amides is 1. The third-order valence-corrected chi connectivity index (χ3v) is 6.82. The zero-order valence-corrected chi connectivity index (χ0v) is 19.3. The normalized spacial score (nSPS) is 14.5. The SMILES string of the molecule is O=C(CSc1ncnc2c1cnn2-c1ccccc1)N1CCN(c2cccc(C(F)(F)F)c2)CC1. The summed E-state index contributed by atoms with van der Waals surface area (Å²) in [5.74, 6) is 0.160. The summed E-state index contributed by atoms with van der Waals surface area (Å²) in [7, 11) is 0. The second-order valence-corrected chi connectivity index (χ2v) is 8.98. The standard InChI is InChI=1S/C24H21F3N6OS/c25-24(26,27)17-5-4-8-19(13-17)31-9-11-32(12-10-31)21(34)15-35-23-20-14-30-33(22(20)28-16-29-23)18-6-2-1-3-7-18/h1-8,13-14,16H,9-12,15H2. The fraction of sp³-hybridized carbons (Fsp3) is 0.250. The van der Waals surface area contributed by atoms with Crippen molar-refractivity contribution in [3.05, 3.63) is 72.7 Å². The highest BCUT2D eigenvalue weighted by molar-refractivity contribution is 8.00. The molecule has 0 atom stereocenters. The van der Waals surface area contributed by atoms with E-state index in [1.54, 1.807) is 21.8 Å². The summed E-state index contributed by atoms with van der Waals surface area (Å²) < 4.78 is 40.8. The number of halogens is 3. The number of alkyl halides is 3. The van der Waals surface area contributed by atoms with E-state index < -0.39 is 11.7 Å². The van der Waals surface area contributed by atoms with Crippen LogP contribution >= 0.6 is 11.8 Å². The van der Waals surface area contributed by atoms with Crippen LogP contribution in [0.4, 0.5) is 18.9 Å². The molecule has 1 fully saturated rings. The summed E-state index contributed by atoms with van der Waals surface area (Å²) in [6, 6.07) is 14.9. The molecular formula is C24H21F3N6OS. The van der Waals surface area contributed by atoms with Crippen molar-refractivity contribution in [2.45, 2.75) is 11.2 Å². The molecule has 3 heterocycles. The fourth-order valence-electron chi connectivity index (χ4n) is 4.01. The van der Waals surface area contributed by atoms with Gasteiger partial charge in [-0.05, 0) is 30.3 Å². The van der Waals surface area contributed by atoms with Crippen LogP contribution in [0, 0.1) is 0 Å². The average molecular weight is 499 g/mol. The number of rotatable bonds is 5. The van der Waals surface area contributed by atoms with Crippen molar-refractivity contribution in [3.8, 4) is 5.69 Å². The van der Waals surface area contributed by atoms with Gasteiger partial charge in [0.1, 0.15) is 11.4 Å². The van der Waals surface area contributed by atoms with Crippen molar-refractivity contribution in [1.29, 1.82) is 0 Å². The molecule has 0 saturated carbocycles. The lowest BCUT2D eigenvalue weighted by molar-refractivity contribution is -0.137. The third kappa shape index (κ3) is 4.95. The van der Waals surface area contributed by atoms with Crippen LogP contribution in [0.5, 0.6) is 0 Å². The molecule has 1 amide bonds. The Labute approximate surface area is 203 Å². The molecule has 0 aliphatic carbocycles. The Morgan fingerprint density at radius 3 is 2.43 bits per heavy atom. The van der Waals surface area contributed by atoms with Gasteiger partial charge in [-0.1, -0.05) is 36.0 Å². The Kier molecular flexibility index (Phi) is 6.33. The maximum Gasteiger partial charge on any atom is 0.416 e. The molecule has 1 aliphatic heterocycles. The topological polar surface area (TPSA) is 67.2 Å². The average Bonchev–Trinajstić information content (AvgIpc) is 3.32. The maximum atomic E-state index is 13.0. The summed E-state index contributed by atoms with van der Waals surface area (Å²) in [5, 5.41) is 5.87. The van der Waals surface area contributed by atoms with Crippen molar-refractivity contribution in [2.24, 2.45) is 0 Å². The summed E-state index contributed by atoms with van der Waals surface area (Å²) in [6.45, 7) is 1.83. The summed E-state index contributed by atoms with van der Waals surface area (Å²) in [4.78, 5) is 25.1. The third-order valence-electron chi connectivity index (χ3n) is 5.83. The van der Waals surface area contributed by atoms with Gasteiger partial charge in [0.15, 0.2) is 5.65 Å². The molecule has 2 aromatic heterocycles. The van der Waals surface area contributed by atoms with E-state index in [0.29, 0.717) is 42.5 Å². The Hall–Kier alpha value is -3.60. The highest BCUT2D eigenvalue weighted by atomic mass is 32.2. The molecule has 35 heavy (non-hydrogen) atoms. The zero-order chi connectivity index (χ0) is 24.4. The van der Waals surface area contributed by atoms with Crippen molar-refractivity contribution in [1.82, 2.24) is 24.6 Å². The van der Waals surface area contributed by atoms with E-state index in [9.17, 15) is 18.0 Å². The Bertz CT molecular complexity index is 1340. The molecule has 0 unspecified atom stereocenters. The molecule has 0 radical (unpaired) electrons. The lowest BCUT2D eigenvalue weighted by atomic mass is 10.1. The molecule has 1 saturated heterocycles. The van der Waals surface area contributed by atoms with E-state index in [2.05, 4.69) is 15.1 Å². The highest BCUT2D eigenvalue weighted by Gasteiger charge is 2.31. The molecule has 5 rings (SSSR count). The first kappa shape index (κ1) is 23.2. The first-order valence-corrected chi connectivity index (χ1v) is 12.0. The van der Waals surface area contributed by atoms with E-state index in [-0.39, 0.29) is 11.7 Å². The van der Waals surface area contributed by atoms with Crippen LogP contribution in [0.1, 0.15) is 5.56 Å². The summed E-state index contributed by atoms with van der Waals surface area (Å²) >= 11 is 1.33. The zero-order valence-electron chi connectivity index (χ0n) is 18.5. The van der Waals surface area contributed by atoms with Gasteiger partial charge in [-0.2, -0.15) is 18.3 Å². The predicted molar refractivity (Wildman–Crippen MR) is 128 cm³/mol. The number of carbonyl (C=O) groups is 1. The molecule has 180 valence electrons. The van der Waals surface area contributed by atoms with Crippen LogP contribution in [-0.2, 0) is 11.0 Å². The largest absolute Gasteiger partial charge is 0.416 e. The lowest BCUT2D eigenvalue weighted by Crippen LogP contribution is -2.49. The van der Waals surface area contributed by atoms with Gasteiger partial charge < -0.3 is 9.80 Å². The molecule has 0 N–H and O–H groups in total. The van der Waals surface area contributed by atoms with E-state index in [1.165, 1.54) is 24.2 Å². The van der Waals surface area contributed by atoms with Gasteiger partial charge in [0.05, 0.1) is 28.6 Å². The molecule has 2 aromatic carbocycles. The van der Waals surface area contributed by atoms with Gasteiger partial charge in [-0.15, -0.1) is 0 Å². The lowest BCUT2D eigenvalue weighted by Gasteiger charge is -2.36. The predicted octanol–water partition coefficient (Wildman–Crippen LogP) is 4.28. The molecule has 7 nitrogen and oxygen atoms in total. The number of anilines is 1. The molecule has 11 heteroatoms. The van der Waals surface area contributed by atoms with Gasteiger partial charge in [0, 0.05) is 31.9 Å². The summed E-state index contributed by atoms with van der Waals surface area (Å²) in [5.41, 5.74) is 1.39. The van der Waals surface area contributed by atoms with E-state index in [4.69, 9.17) is 0 Å². The molecule has 1 aliphatic rings. The number of piperazine rings is 1. The number of hydrogen-bond acceptors (Lipinski definition) is 6. The molecule has 4 aromatic rings. The van der Waals surface area contributed by atoms with E-state index in [0.717, 1.165) is 23.2 Å². The van der Waals surface area contributed by atoms with Crippen LogP contribution in [-0.4, -0.2) is 62.5 Å². The first-order chi connectivity index (χ1) is 16.9. The van der Waals surface area contributed by atoms with Crippen LogP contribution in [0.15, 0.2) is 72.1 Å². The number of benzene rings is 2. The Balaban J connectivity index is 1.21. The van der Waals surface area contributed by atoms with Gasteiger partial charge in [-0.3, -0.25) is 4.79 Å². The minimum atomic E-state index is -4.38. The second-order valence-electron chi connectivity index (χ2n) is 8.01. The number of carbonyl (C=O) groups excluding carboxylic acids is 1. The molecule has 0 bridgehead atoms. The maximum absolute atomic E-state index is 13.0. The van der Waals surface area contributed by atoms with Crippen LogP contribution in [0.3, 0.4) is 0 Å². The fourth-order valence-corrected chi connectivity index (χ4v) is 4.87. The number of nitrogens with zero attached hydrogens (tertiary/aromatic N) is 6. The van der Waals surface area contributed by atoms with E-state index >= 15 is 0 Å². The smallest absolute Gasteiger partial charge is 0.368 e. The van der Waals surface area contributed by atoms with Crippen molar-refractivity contribution >= 4 is 34.4 Å². The minimum Gasteiger partial charge on any atom is -0.368 e. The van der Waals surface area contributed by atoms with E-state index in [1.807, 2.05) is 35.2 Å². The number of thioether (sulfide) groups is 1. The quantitative estimate of drug-likeness (QED) is 0.302. The van der Waals surface area contributed by atoms with Crippen LogP contribution in [0.25, 0.3) is 16.7 Å². The molecule has 0 spiro atoms. The van der Waals surface area contributed by atoms with Gasteiger partial charge in [0.25, 0.3) is 0 Å². The highest BCUT2D eigenvalue weighted by Crippen LogP contribution is 2.32. The number of hydrogen-bond donors (Lipinski definition) is 0. The van der Waals surface area contributed by atoms with Crippen molar-refractivity contribution in [2.75, 3.05) is 36.8 Å². The number of fused-ring (bicyclic) bond motifs is 1. The van der Waals surface area contributed by atoms with Crippen LogP contribution in [0.2, 0.25) is 0 Å². The van der Waals surface area contributed by atoms with Gasteiger partial charge in [0.2, 0.25) is 5.91 Å². The van der Waals surface area contributed by atoms with Gasteiger partial charge >= 0.3 is 6.18 Å².